The number of rotatable bonds is 6. The zero-order valence-electron chi connectivity index (χ0n) is 15.4. The molecule has 144 valence electrons. The number of carbonyl (C=O) groups excluding carboxylic acids is 2. The summed E-state index contributed by atoms with van der Waals surface area (Å²) in [6.45, 7) is 7.32. The van der Waals surface area contributed by atoms with Crippen molar-refractivity contribution in [1.82, 2.24) is 20.3 Å². The van der Waals surface area contributed by atoms with Crippen LogP contribution < -0.4 is 10.4 Å². The van der Waals surface area contributed by atoms with Crippen LogP contribution in [0.15, 0.2) is 18.5 Å². The Balaban J connectivity index is 2.10. The van der Waals surface area contributed by atoms with E-state index in [1.807, 2.05) is 25.7 Å². The molecule has 2 rings (SSSR count). The molecule has 1 aromatic heterocycles. The molecular weight excluding hydrogens is 338 g/mol. The van der Waals surface area contributed by atoms with E-state index in [0.717, 1.165) is 0 Å². The highest BCUT2D eigenvalue weighted by atomic mass is 16.5. The molecule has 2 amide bonds. The Morgan fingerprint density at radius 3 is 2.50 bits per heavy atom. The SMILES string of the molecule is CC(C)CC(C(=O)N1CCN(c2ncccn2)C[C@H]1C)C(O)C(=O)NO. The lowest BCUT2D eigenvalue weighted by molar-refractivity contribution is -0.152. The standard InChI is InChI=1S/C17H27N5O4/c1-11(2)9-13(14(23)15(24)20-26)16(25)22-8-7-21(10-12(22)3)17-18-5-4-6-19-17/h4-6,11-14,23,26H,7-10H2,1-3H3,(H,20,24)/t12-,13?,14?/m1/s1. The van der Waals surface area contributed by atoms with E-state index in [1.54, 1.807) is 23.4 Å². The number of aliphatic hydroxyl groups excluding tert-OH is 1. The van der Waals surface area contributed by atoms with Crippen LogP contribution in [0.1, 0.15) is 27.2 Å². The number of nitrogens with one attached hydrogen (secondary N) is 1. The summed E-state index contributed by atoms with van der Waals surface area (Å²) >= 11 is 0. The Morgan fingerprint density at radius 1 is 1.31 bits per heavy atom. The van der Waals surface area contributed by atoms with Crippen LogP contribution in [-0.4, -0.2) is 68.8 Å². The van der Waals surface area contributed by atoms with E-state index in [4.69, 9.17) is 5.21 Å². The fraction of sp³-hybridized carbons (Fsp3) is 0.647. The first-order chi connectivity index (χ1) is 12.3. The number of nitrogens with zero attached hydrogens (tertiary/aromatic N) is 4. The number of anilines is 1. The van der Waals surface area contributed by atoms with Gasteiger partial charge >= 0.3 is 0 Å². The number of aliphatic hydroxyl groups is 1. The van der Waals surface area contributed by atoms with Crippen molar-refractivity contribution in [1.29, 1.82) is 0 Å². The summed E-state index contributed by atoms with van der Waals surface area (Å²) in [5, 5.41) is 19.0. The third kappa shape index (κ3) is 4.67. The molecule has 3 atom stereocenters. The van der Waals surface area contributed by atoms with Gasteiger partial charge in [0, 0.05) is 38.1 Å². The van der Waals surface area contributed by atoms with Crippen LogP contribution in [0.2, 0.25) is 0 Å². The average molecular weight is 365 g/mol. The molecule has 9 heteroatoms. The normalized spacial score (nSPS) is 20.0. The first-order valence-corrected chi connectivity index (χ1v) is 8.79. The molecule has 3 N–H and O–H groups in total. The van der Waals surface area contributed by atoms with Crippen LogP contribution in [-0.2, 0) is 9.59 Å². The van der Waals surface area contributed by atoms with Gasteiger partial charge in [0.2, 0.25) is 11.9 Å². The van der Waals surface area contributed by atoms with E-state index >= 15 is 0 Å². The van der Waals surface area contributed by atoms with Gasteiger partial charge in [-0.2, -0.15) is 0 Å². The fourth-order valence-electron chi connectivity index (χ4n) is 3.26. The lowest BCUT2D eigenvalue weighted by Crippen LogP contribution is -2.57. The number of carbonyl (C=O) groups is 2. The van der Waals surface area contributed by atoms with Crippen molar-refractivity contribution in [2.75, 3.05) is 24.5 Å². The van der Waals surface area contributed by atoms with Crippen LogP contribution in [0.3, 0.4) is 0 Å². The predicted octanol–water partition coefficient (Wildman–Crippen LogP) is 0.0423. The Morgan fingerprint density at radius 2 is 1.96 bits per heavy atom. The molecule has 2 unspecified atom stereocenters. The molecule has 0 bridgehead atoms. The third-order valence-corrected chi connectivity index (χ3v) is 4.55. The van der Waals surface area contributed by atoms with E-state index in [-0.39, 0.29) is 17.9 Å². The maximum atomic E-state index is 13.0. The van der Waals surface area contributed by atoms with Gasteiger partial charge < -0.3 is 14.9 Å². The number of aromatic nitrogens is 2. The molecule has 1 aliphatic rings. The number of hydrogen-bond acceptors (Lipinski definition) is 7. The zero-order valence-corrected chi connectivity index (χ0v) is 15.4. The molecule has 1 saturated heterocycles. The highest BCUT2D eigenvalue weighted by Crippen LogP contribution is 2.23. The van der Waals surface area contributed by atoms with E-state index in [1.165, 1.54) is 5.48 Å². The minimum absolute atomic E-state index is 0.111. The van der Waals surface area contributed by atoms with Crippen molar-refractivity contribution in [3.8, 4) is 0 Å². The smallest absolute Gasteiger partial charge is 0.272 e. The van der Waals surface area contributed by atoms with Crippen molar-refractivity contribution in [3.63, 3.8) is 0 Å². The second kappa shape index (κ2) is 8.91. The molecular formula is C17H27N5O4. The maximum Gasteiger partial charge on any atom is 0.272 e. The van der Waals surface area contributed by atoms with Gasteiger partial charge in [0.05, 0.1) is 5.92 Å². The highest BCUT2D eigenvalue weighted by Gasteiger charge is 2.38. The van der Waals surface area contributed by atoms with Crippen LogP contribution in [0, 0.1) is 11.8 Å². The molecule has 9 nitrogen and oxygen atoms in total. The molecule has 1 aromatic rings. The third-order valence-electron chi connectivity index (χ3n) is 4.55. The number of hydroxylamine groups is 1. The predicted molar refractivity (Wildman–Crippen MR) is 94.3 cm³/mol. The minimum atomic E-state index is -1.59. The minimum Gasteiger partial charge on any atom is -0.382 e. The molecule has 1 aliphatic heterocycles. The van der Waals surface area contributed by atoms with Crippen molar-refractivity contribution < 1.29 is 19.9 Å². The van der Waals surface area contributed by atoms with Gasteiger partial charge in [-0.25, -0.2) is 15.4 Å². The van der Waals surface area contributed by atoms with Gasteiger partial charge in [-0.1, -0.05) is 13.8 Å². The van der Waals surface area contributed by atoms with Crippen molar-refractivity contribution >= 4 is 17.8 Å². The summed E-state index contributed by atoms with van der Waals surface area (Å²) in [5.41, 5.74) is 1.43. The van der Waals surface area contributed by atoms with Gasteiger partial charge in [-0.15, -0.1) is 0 Å². The summed E-state index contributed by atoms with van der Waals surface area (Å²) in [6.07, 6.45) is 2.11. The maximum absolute atomic E-state index is 13.0. The summed E-state index contributed by atoms with van der Waals surface area (Å²) in [5.74, 6) is -1.42. The van der Waals surface area contributed by atoms with Gasteiger partial charge in [0.15, 0.2) is 0 Å². The second-order valence-corrected chi connectivity index (χ2v) is 7.03. The van der Waals surface area contributed by atoms with E-state index in [0.29, 0.717) is 32.0 Å². The van der Waals surface area contributed by atoms with E-state index in [2.05, 4.69) is 9.97 Å². The summed E-state index contributed by atoms with van der Waals surface area (Å²) in [7, 11) is 0. The lowest BCUT2D eigenvalue weighted by Gasteiger charge is -2.41. The number of piperazine rings is 1. The Labute approximate surface area is 153 Å². The van der Waals surface area contributed by atoms with Crippen molar-refractivity contribution in [2.24, 2.45) is 11.8 Å². The van der Waals surface area contributed by atoms with Crippen molar-refractivity contribution in [2.45, 2.75) is 39.3 Å². The second-order valence-electron chi connectivity index (χ2n) is 7.03. The fourth-order valence-corrected chi connectivity index (χ4v) is 3.26. The molecule has 0 aromatic carbocycles. The Hall–Kier alpha value is -2.26. The first-order valence-electron chi connectivity index (χ1n) is 8.79. The summed E-state index contributed by atoms with van der Waals surface area (Å²) < 4.78 is 0. The van der Waals surface area contributed by atoms with Gasteiger partial charge in [0.25, 0.3) is 5.91 Å². The lowest BCUT2D eigenvalue weighted by atomic mass is 9.89. The van der Waals surface area contributed by atoms with Crippen molar-refractivity contribution in [3.05, 3.63) is 18.5 Å². The van der Waals surface area contributed by atoms with Crippen LogP contribution in [0.25, 0.3) is 0 Å². The number of amides is 2. The van der Waals surface area contributed by atoms with Gasteiger partial charge in [-0.3, -0.25) is 14.8 Å². The van der Waals surface area contributed by atoms with E-state index in [9.17, 15) is 14.7 Å². The topological polar surface area (TPSA) is 119 Å². The van der Waals surface area contributed by atoms with Crippen LogP contribution in [0.5, 0.6) is 0 Å². The molecule has 0 spiro atoms. The first kappa shape index (κ1) is 20.1. The highest BCUT2D eigenvalue weighted by molar-refractivity contribution is 5.89. The van der Waals surface area contributed by atoms with Gasteiger partial charge in [0.1, 0.15) is 6.10 Å². The molecule has 26 heavy (non-hydrogen) atoms. The van der Waals surface area contributed by atoms with E-state index < -0.39 is 17.9 Å². The molecule has 1 fully saturated rings. The monoisotopic (exact) mass is 365 g/mol. The number of hydrogen-bond donors (Lipinski definition) is 3. The molecule has 2 heterocycles. The van der Waals surface area contributed by atoms with Crippen LogP contribution >= 0.6 is 0 Å². The summed E-state index contributed by atoms with van der Waals surface area (Å²) in [6, 6.07) is 1.62. The Kier molecular flexibility index (Phi) is 6.87. The quantitative estimate of drug-likeness (QED) is 0.481. The molecule has 0 saturated carbocycles. The van der Waals surface area contributed by atoms with Gasteiger partial charge in [-0.05, 0) is 25.3 Å². The molecule has 0 radical (unpaired) electrons. The zero-order chi connectivity index (χ0) is 19.3. The summed E-state index contributed by atoms with van der Waals surface area (Å²) in [4.78, 5) is 36.8. The largest absolute Gasteiger partial charge is 0.382 e. The average Bonchev–Trinajstić information content (AvgIpc) is 2.64. The Bertz CT molecular complexity index is 612. The van der Waals surface area contributed by atoms with Crippen LogP contribution in [0.4, 0.5) is 5.95 Å². The molecule has 0 aliphatic carbocycles.